The summed E-state index contributed by atoms with van der Waals surface area (Å²) >= 11 is 0. The third kappa shape index (κ3) is 3.51. The Morgan fingerprint density at radius 3 is 2.50 bits per heavy atom. The van der Waals surface area contributed by atoms with Gasteiger partial charge in [-0.15, -0.1) is 0 Å². The highest BCUT2D eigenvalue weighted by Crippen LogP contribution is 2.30. The average molecular weight is 278 g/mol. The van der Waals surface area contributed by atoms with Gasteiger partial charge in [0.15, 0.2) is 0 Å². The first-order valence-corrected chi connectivity index (χ1v) is 6.52. The van der Waals surface area contributed by atoms with Gasteiger partial charge in [-0.3, -0.25) is 19.8 Å². The zero-order valence-corrected chi connectivity index (χ0v) is 11.4. The number of rotatable bonds is 4. The summed E-state index contributed by atoms with van der Waals surface area (Å²) in [5, 5.41) is 11.8. The fourth-order valence-corrected chi connectivity index (χ4v) is 2.15. The average Bonchev–Trinajstić information content (AvgIpc) is 2.42. The second-order valence-corrected chi connectivity index (χ2v) is 5.26. The molecule has 2 rings (SSSR count). The quantitative estimate of drug-likeness (QED) is 0.837. The van der Waals surface area contributed by atoms with Crippen molar-refractivity contribution >= 4 is 17.8 Å². The van der Waals surface area contributed by atoms with Crippen molar-refractivity contribution in [3.63, 3.8) is 0 Å². The van der Waals surface area contributed by atoms with E-state index in [1.807, 2.05) is 4.90 Å². The van der Waals surface area contributed by atoms with E-state index in [-0.39, 0.29) is 18.4 Å². The van der Waals surface area contributed by atoms with Crippen LogP contribution in [0.25, 0.3) is 0 Å². The molecule has 0 bridgehead atoms. The van der Waals surface area contributed by atoms with Gasteiger partial charge in [0.25, 0.3) is 0 Å². The third-order valence-electron chi connectivity index (χ3n) is 3.66. The zero-order valence-electron chi connectivity index (χ0n) is 11.4. The van der Waals surface area contributed by atoms with E-state index in [0.717, 1.165) is 0 Å². The fourth-order valence-electron chi connectivity index (χ4n) is 2.15. The number of hydrogen-bond acceptors (Lipinski definition) is 5. The number of nitrogens with zero attached hydrogens (tertiary/aromatic N) is 3. The maximum atomic E-state index is 11.8. The number of amides is 1. The Balaban J connectivity index is 1.81. The summed E-state index contributed by atoms with van der Waals surface area (Å²) < 4.78 is 0. The number of carbonyl (C=O) groups is 2. The maximum absolute atomic E-state index is 11.8. The van der Waals surface area contributed by atoms with Crippen molar-refractivity contribution in [3.05, 3.63) is 18.5 Å². The van der Waals surface area contributed by atoms with Gasteiger partial charge in [-0.2, -0.15) is 0 Å². The summed E-state index contributed by atoms with van der Waals surface area (Å²) in [6.07, 6.45) is 4.22. The summed E-state index contributed by atoms with van der Waals surface area (Å²) in [6.45, 7) is 3.19. The molecule has 1 aromatic rings. The van der Waals surface area contributed by atoms with Crippen LogP contribution in [-0.2, 0) is 9.59 Å². The summed E-state index contributed by atoms with van der Waals surface area (Å²) in [6, 6.07) is 1.67. The van der Waals surface area contributed by atoms with E-state index in [9.17, 15) is 9.59 Å². The molecule has 20 heavy (non-hydrogen) atoms. The summed E-state index contributed by atoms with van der Waals surface area (Å²) in [7, 11) is 0. The third-order valence-corrected chi connectivity index (χ3v) is 3.66. The number of aromatic nitrogens is 2. The normalized spacial score (nSPS) is 18.4. The molecule has 7 heteroatoms. The molecule has 0 saturated carbocycles. The Labute approximate surface area is 117 Å². The minimum Gasteiger partial charge on any atom is -0.481 e. The molecule has 1 aromatic heterocycles. The lowest BCUT2D eigenvalue weighted by Gasteiger charge is -2.35. The van der Waals surface area contributed by atoms with E-state index in [1.54, 1.807) is 25.4 Å². The molecule has 0 unspecified atom stereocenters. The summed E-state index contributed by atoms with van der Waals surface area (Å²) in [5.41, 5.74) is -0.671. The molecule has 1 aliphatic rings. The van der Waals surface area contributed by atoms with Gasteiger partial charge in [0.05, 0.1) is 12.0 Å². The zero-order chi connectivity index (χ0) is 14.6. The fraction of sp³-hybridized carbons (Fsp3) is 0.538. The first kappa shape index (κ1) is 14.4. The molecule has 1 aliphatic heterocycles. The van der Waals surface area contributed by atoms with Gasteiger partial charge in [-0.05, 0) is 38.9 Å². The number of carboxylic acids is 1. The highest BCUT2D eigenvalue weighted by atomic mass is 16.4. The molecule has 1 saturated heterocycles. The topological polar surface area (TPSA) is 95.4 Å². The number of carboxylic acid groups (broad SMARTS) is 1. The van der Waals surface area contributed by atoms with E-state index < -0.39 is 11.4 Å². The lowest BCUT2D eigenvalue weighted by molar-refractivity contribution is -0.150. The Morgan fingerprint density at radius 1 is 1.35 bits per heavy atom. The monoisotopic (exact) mass is 278 g/mol. The number of nitrogens with one attached hydrogen (secondary N) is 1. The molecule has 0 atom stereocenters. The Bertz CT molecular complexity index is 484. The lowest BCUT2D eigenvalue weighted by atomic mass is 9.80. The highest BCUT2D eigenvalue weighted by Gasteiger charge is 2.37. The van der Waals surface area contributed by atoms with E-state index in [1.165, 1.54) is 0 Å². The number of piperidine rings is 1. The minimum absolute atomic E-state index is 0.185. The molecule has 1 amide bonds. The van der Waals surface area contributed by atoms with Crippen LogP contribution in [0.4, 0.5) is 5.95 Å². The van der Waals surface area contributed by atoms with Crippen molar-refractivity contribution in [2.24, 2.45) is 5.41 Å². The van der Waals surface area contributed by atoms with Crippen LogP contribution in [0.2, 0.25) is 0 Å². The van der Waals surface area contributed by atoms with Crippen LogP contribution >= 0.6 is 0 Å². The summed E-state index contributed by atoms with van der Waals surface area (Å²) in [5.74, 6) is -0.667. The molecule has 7 nitrogen and oxygen atoms in total. The van der Waals surface area contributed by atoms with E-state index >= 15 is 0 Å². The Morgan fingerprint density at radius 2 is 1.95 bits per heavy atom. The van der Waals surface area contributed by atoms with E-state index in [0.29, 0.717) is 25.9 Å². The minimum atomic E-state index is -0.765. The predicted molar refractivity (Wildman–Crippen MR) is 72.1 cm³/mol. The van der Waals surface area contributed by atoms with Gasteiger partial charge >= 0.3 is 5.97 Å². The number of hydrogen-bond donors (Lipinski definition) is 2. The first-order chi connectivity index (χ1) is 9.49. The van der Waals surface area contributed by atoms with Crippen molar-refractivity contribution in [3.8, 4) is 0 Å². The van der Waals surface area contributed by atoms with E-state index in [4.69, 9.17) is 5.11 Å². The number of likely N-dealkylation sites (tertiary alicyclic amines) is 1. The summed E-state index contributed by atoms with van der Waals surface area (Å²) in [4.78, 5) is 32.7. The largest absolute Gasteiger partial charge is 0.481 e. The number of anilines is 1. The van der Waals surface area contributed by atoms with Crippen molar-refractivity contribution in [1.29, 1.82) is 0 Å². The van der Waals surface area contributed by atoms with Crippen molar-refractivity contribution in [1.82, 2.24) is 14.9 Å². The maximum Gasteiger partial charge on any atom is 0.309 e. The first-order valence-electron chi connectivity index (χ1n) is 6.52. The Hall–Kier alpha value is -2.02. The predicted octanol–water partition coefficient (Wildman–Crippen LogP) is 0.602. The van der Waals surface area contributed by atoms with Crippen molar-refractivity contribution in [2.45, 2.75) is 19.8 Å². The standard InChI is InChI=1S/C13H18N4O3/c1-13(11(19)20)3-7-17(8-4-13)9-10(18)16-12-14-5-2-6-15-12/h2,5-6H,3-4,7-9H2,1H3,(H,19,20)(H,14,15,16,18). The number of aliphatic carboxylic acids is 1. The van der Waals surface area contributed by atoms with Gasteiger partial charge in [-0.1, -0.05) is 0 Å². The van der Waals surface area contributed by atoms with Gasteiger partial charge < -0.3 is 5.11 Å². The molecule has 2 heterocycles. The van der Waals surface area contributed by atoms with Gasteiger partial charge in [-0.25, -0.2) is 9.97 Å². The van der Waals surface area contributed by atoms with Crippen LogP contribution in [0.3, 0.4) is 0 Å². The van der Waals surface area contributed by atoms with Crippen molar-refractivity contribution in [2.75, 3.05) is 25.0 Å². The van der Waals surface area contributed by atoms with Crippen LogP contribution < -0.4 is 5.32 Å². The highest BCUT2D eigenvalue weighted by molar-refractivity contribution is 5.90. The molecule has 2 N–H and O–H groups in total. The lowest BCUT2D eigenvalue weighted by Crippen LogP contribution is -2.45. The van der Waals surface area contributed by atoms with Crippen LogP contribution in [-0.4, -0.2) is 51.5 Å². The molecule has 0 spiro atoms. The molecular weight excluding hydrogens is 260 g/mol. The number of carbonyl (C=O) groups excluding carboxylic acids is 1. The Kier molecular flexibility index (Phi) is 4.29. The SMILES string of the molecule is CC1(C(=O)O)CCN(CC(=O)Nc2ncccn2)CC1. The van der Waals surface area contributed by atoms with E-state index in [2.05, 4.69) is 15.3 Å². The second-order valence-electron chi connectivity index (χ2n) is 5.26. The van der Waals surface area contributed by atoms with Gasteiger partial charge in [0.1, 0.15) is 0 Å². The van der Waals surface area contributed by atoms with Gasteiger partial charge in [0, 0.05) is 12.4 Å². The van der Waals surface area contributed by atoms with Crippen LogP contribution in [0.5, 0.6) is 0 Å². The van der Waals surface area contributed by atoms with Crippen LogP contribution in [0, 0.1) is 5.41 Å². The second kappa shape index (κ2) is 5.96. The van der Waals surface area contributed by atoms with Crippen molar-refractivity contribution < 1.29 is 14.7 Å². The van der Waals surface area contributed by atoms with Crippen LogP contribution in [0.1, 0.15) is 19.8 Å². The molecule has 0 aromatic carbocycles. The van der Waals surface area contributed by atoms with Crippen LogP contribution in [0.15, 0.2) is 18.5 Å². The molecule has 108 valence electrons. The molecule has 0 radical (unpaired) electrons. The van der Waals surface area contributed by atoms with Gasteiger partial charge in [0.2, 0.25) is 11.9 Å². The molecule has 0 aliphatic carbocycles. The molecule has 1 fully saturated rings. The smallest absolute Gasteiger partial charge is 0.309 e. The molecular formula is C13H18N4O3.